The van der Waals surface area contributed by atoms with Crippen molar-refractivity contribution in [3.05, 3.63) is 27.7 Å². The monoisotopic (exact) mass is 305 g/mol. The van der Waals surface area contributed by atoms with Gasteiger partial charge in [-0.15, -0.1) is 0 Å². The zero-order valence-electron chi connectivity index (χ0n) is 10.4. The molecule has 1 atom stereocenters. The second-order valence-electron chi connectivity index (χ2n) is 3.66. The van der Waals surface area contributed by atoms with Crippen LogP contribution in [0.4, 0.5) is 5.69 Å². The van der Waals surface area contributed by atoms with E-state index in [1.807, 2.05) is 0 Å². The first-order chi connectivity index (χ1) is 8.86. The first-order valence-corrected chi connectivity index (χ1v) is 6.24. The average Bonchev–Trinajstić information content (AvgIpc) is 2.35. The molecule has 19 heavy (non-hydrogen) atoms. The van der Waals surface area contributed by atoms with E-state index in [0.29, 0.717) is 0 Å². The maximum absolute atomic E-state index is 11.8. The highest BCUT2D eigenvalue weighted by Crippen LogP contribution is 2.29. The summed E-state index contributed by atoms with van der Waals surface area (Å²) in [6.07, 6.45) is -1.01. The van der Waals surface area contributed by atoms with Crippen LogP contribution in [0.2, 0.25) is 10.0 Å². The highest BCUT2D eigenvalue weighted by molar-refractivity contribution is 6.43. The molecule has 1 unspecified atom stereocenters. The van der Waals surface area contributed by atoms with E-state index in [1.165, 1.54) is 19.1 Å². The molecule has 0 radical (unpaired) electrons. The summed E-state index contributed by atoms with van der Waals surface area (Å²) in [6, 6.07) is 2.65. The van der Waals surface area contributed by atoms with Crippen molar-refractivity contribution in [2.24, 2.45) is 0 Å². The number of hydrogen-bond acceptors (Lipinski definition) is 5. The van der Waals surface area contributed by atoms with Crippen molar-refractivity contribution in [1.82, 2.24) is 0 Å². The number of ether oxygens (including phenoxy) is 2. The van der Waals surface area contributed by atoms with E-state index in [9.17, 15) is 9.59 Å². The Morgan fingerprint density at radius 1 is 1.37 bits per heavy atom. The van der Waals surface area contributed by atoms with Crippen LogP contribution in [-0.4, -0.2) is 24.6 Å². The minimum atomic E-state index is -1.01. The number of hydrogen-bond donors (Lipinski definition) is 1. The topological polar surface area (TPSA) is 78.6 Å². The van der Waals surface area contributed by atoms with Crippen LogP contribution in [0.1, 0.15) is 24.2 Å². The Kier molecular flexibility index (Phi) is 5.44. The van der Waals surface area contributed by atoms with E-state index >= 15 is 0 Å². The lowest BCUT2D eigenvalue weighted by Crippen LogP contribution is -2.26. The standard InChI is InChI=1S/C12H13Cl2NO4/c1-3-18-11(16)6(2)19-12(17)7-4-8(13)10(14)9(15)5-7/h4-6H,3,15H2,1-2H3. The molecule has 0 aromatic heterocycles. The predicted molar refractivity (Wildman–Crippen MR) is 72.4 cm³/mol. The summed E-state index contributed by atoms with van der Waals surface area (Å²) in [4.78, 5) is 23.1. The van der Waals surface area contributed by atoms with E-state index in [1.54, 1.807) is 6.92 Å². The van der Waals surface area contributed by atoms with Gasteiger partial charge in [0.05, 0.1) is 27.9 Å². The summed E-state index contributed by atoms with van der Waals surface area (Å²) >= 11 is 11.6. The van der Waals surface area contributed by atoms with Gasteiger partial charge in [0.25, 0.3) is 0 Å². The molecule has 0 aliphatic carbocycles. The largest absolute Gasteiger partial charge is 0.463 e. The highest BCUT2D eigenvalue weighted by Gasteiger charge is 2.21. The highest BCUT2D eigenvalue weighted by atomic mass is 35.5. The van der Waals surface area contributed by atoms with Crippen molar-refractivity contribution in [2.45, 2.75) is 20.0 Å². The van der Waals surface area contributed by atoms with Gasteiger partial charge in [0.1, 0.15) is 0 Å². The number of rotatable bonds is 4. The maximum Gasteiger partial charge on any atom is 0.347 e. The Hall–Kier alpha value is -1.46. The lowest BCUT2D eigenvalue weighted by atomic mass is 10.2. The number of halogens is 2. The Bertz CT molecular complexity index is 481. The molecule has 1 aromatic rings. The Labute approximate surface area is 120 Å². The van der Waals surface area contributed by atoms with Crippen LogP contribution in [0.25, 0.3) is 0 Å². The van der Waals surface area contributed by atoms with E-state index < -0.39 is 18.0 Å². The van der Waals surface area contributed by atoms with Crippen LogP contribution in [0.5, 0.6) is 0 Å². The molecule has 104 valence electrons. The number of carbonyl (C=O) groups excluding carboxylic acids is 2. The summed E-state index contributed by atoms with van der Waals surface area (Å²) in [5, 5.41) is 0.300. The Balaban J connectivity index is 2.82. The molecule has 0 heterocycles. The number of nitrogens with two attached hydrogens (primary N) is 1. The van der Waals surface area contributed by atoms with Crippen LogP contribution >= 0.6 is 23.2 Å². The van der Waals surface area contributed by atoms with Gasteiger partial charge in [0, 0.05) is 0 Å². The fourth-order valence-corrected chi connectivity index (χ4v) is 1.60. The minimum Gasteiger partial charge on any atom is -0.463 e. The third kappa shape index (κ3) is 4.01. The molecular formula is C12H13Cl2NO4. The molecule has 0 fully saturated rings. The summed E-state index contributed by atoms with van der Waals surface area (Å²) in [5.74, 6) is -1.35. The van der Waals surface area contributed by atoms with E-state index in [-0.39, 0.29) is 27.9 Å². The summed E-state index contributed by atoms with van der Waals surface area (Å²) < 4.78 is 9.65. The SMILES string of the molecule is CCOC(=O)C(C)OC(=O)c1cc(N)c(Cl)c(Cl)c1. The van der Waals surface area contributed by atoms with Crippen LogP contribution in [0.15, 0.2) is 12.1 Å². The van der Waals surface area contributed by atoms with Crippen LogP contribution in [-0.2, 0) is 14.3 Å². The van der Waals surface area contributed by atoms with Crippen LogP contribution < -0.4 is 5.73 Å². The van der Waals surface area contributed by atoms with E-state index in [2.05, 4.69) is 0 Å². The summed E-state index contributed by atoms with van der Waals surface area (Å²) in [7, 11) is 0. The van der Waals surface area contributed by atoms with Gasteiger partial charge >= 0.3 is 11.9 Å². The fraction of sp³-hybridized carbons (Fsp3) is 0.333. The van der Waals surface area contributed by atoms with E-state index in [4.69, 9.17) is 38.4 Å². The van der Waals surface area contributed by atoms with Gasteiger partial charge in [-0.2, -0.15) is 0 Å². The summed E-state index contributed by atoms with van der Waals surface area (Å²) in [5.41, 5.74) is 5.85. The van der Waals surface area contributed by atoms with Gasteiger partial charge < -0.3 is 15.2 Å². The van der Waals surface area contributed by atoms with Gasteiger partial charge in [0.2, 0.25) is 0 Å². The zero-order valence-corrected chi connectivity index (χ0v) is 11.9. The molecule has 0 spiro atoms. The molecule has 0 saturated heterocycles. The van der Waals surface area contributed by atoms with Crippen molar-refractivity contribution in [3.8, 4) is 0 Å². The van der Waals surface area contributed by atoms with E-state index in [0.717, 1.165) is 0 Å². The van der Waals surface area contributed by atoms with Gasteiger partial charge in [-0.1, -0.05) is 23.2 Å². The number of nitrogen functional groups attached to an aromatic ring is 1. The normalized spacial score (nSPS) is 11.8. The first kappa shape index (κ1) is 15.6. The molecule has 0 amide bonds. The molecule has 0 aliphatic rings. The lowest BCUT2D eigenvalue weighted by molar-refractivity contribution is -0.152. The molecule has 1 aromatic carbocycles. The van der Waals surface area contributed by atoms with Gasteiger partial charge in [0.15, 0.2) is 6.10 Å². The molecule has 0 saturated carbocycles. The van der Waals surface area contributed by atoms with Crippen molar-refractivity contribution >= 4 is 40.8 Å². The van der Waals surface area contributed by atoms with Crippen LogP contribution in [0.3, 0.4) is 0 Å². The molecule has 0 bridgehead atoms. The molecule has 1 rings (SSSR count). The number of benzene rings is 1. The summed E-state index contributed by atoms with van der Waals surface area (Å²) in [6.45, 7) is 3.28. The minimum absolute atomic E-state index is 0.114. The van der Waals surface area contributed by atoms with Gasteiger partial charge in [-0.05, 0) is 26.0 Å². The number of carbonyl (C=O) groups is 2. The average molecular weight is 306 g/mol. The smallest absolute Gasteiger partial charge is 0.347 e. The second-order valence-corrected chi connectivity index (χ2v) is 4.45. The zero-order chi connectivity index (χ0) is 14.6. The predicted octanol–water partition coefficient (Wildman–Crippen LogP) is 2.68. The second kappa shape index (κ2) is 6.63. The molecule has 7 heteroatoms. The van der Waals surface area contributed by atoms with Crippen molar-refractivity contribution in [1.29, 1.82) is 0 Å². The van der Waals surface area contributed by atoms with Gasteiger partial charge in [-0.25, -0.2) is 9.59 Å². The quantitative estimate of drug-likeness (QED) is 0.683. The molecule has 0 aliphatic heterocycles. The van der Waals surface area contributed by atoms with Crippen LogP contribution in [0, 0.1) is 0 Å². The van der Waals surface area contributed by atoms with Crippen molar-refractivity contribution in [3.63, 3.8) is 0 Å². The Morgan fingerprint density at radius 3 is 2.53 bits per heavy atom. The third-order valence-corrected chi connectivity index (χ3v) is 3.01. The fourth-order valence-electron chi connectivity index (χ4n) is 1.26. The first-order valence-electron chi connectivity index (χ1n) is 5.49. The lowest BCUT2D eigenvalue weighted by Gasteiger charge is -2.12. The number of anilines is 1. The molecule has 5 nitrogen and oxygen atoms in total. The van der Waals surface area contributed by atoms with Crippen molar-refractivity contribution < 1.29 is 19.1 Å². The Morgan fingerprint density at radius 2 is 2.00 bits per heavy atom. The molecular weight excluding hydrogens is 293 g/mol. The van der Waals surface area contributed by atoms with Gasteiger partial charge in [-0.3, -0.25) is 0 Å². The maximum atomic E-state index is 11.8. The number of esters is 2. The van der Waals surface area contributed by atoms with Crippen molar-refractivity contribution in [2.75, 3.05) is 12.3 Å². The molecule has 2 N–H and O–H groups in total. The third-order valence-electron chi connectivity index (χ3n) is 2.19.